The summed E-state index contributed by atoms with van der Waals surface area (Å²) >= 11 is 1.92. The van der Waals surface area contributed by atoms with E-state index in [9.17, 15) is 0 Å². The highest BCUT2D eigenvalue weighted by molar-refractivity contribution is 8.00. The van der Waals surface area contributed by atoms with Gasteiger partial charge in [-0.3, -0.25) is 0 Å². The molecule has 2 unspecified atom stereocenters. The Bertz CT molecular complexity index is 343. The highest BCUT2D eigenvalue weighted by Gasteiger charge is 2.37. The summed E-state index contributed by atoms with van der Waals surface area (Å²) in [6, 6.07) is 0.177. The smallest absolute Gasteiger partial charge is 0.233 e. The Morgan fingerprint density at radius 2 is 2.38 bits per heavy atom. The van der Waals surface area contributed by atoms with Crippen LogP contribution in [-0.2, 0) is 4.75 Å². The van der Waals surface area contributed by atoms with Crippen LogP contribution >= 0.6 is 11.8 Å². The molecule has 0 aromatic carbocycles. The molecule has 1 aliphatic heterocycles. The van der Waals surface area contributed by atoms with Gasteiger partial charge in [0.05, 0.1) is 10.8 Å². The summed E-state index contributed by atoms with van der Waals surface area (Å²) in [4.78, 5) is 0. The molecule has 4 nitrogen and oxygen atoms in total. The molecular weight excluding hydrogens is 222 g/mol. The number of nitrogens with one attached hydrogen (secondary N) is 1. The fourth-order valence-electron chi connectivity index (χ4n) is 2.04. The average Bonchev–Trinajstić information content (AvgIpc) is 2.90. The molecule has 1 aromatic rings. The number of thioether (sulfide) groups is 1. The van der Waals surface area contributed by atoms with E-state index in [2.05, 4.69) is 29.4 Å². The SMILES string of the molecule is CCC(NC)c1nnc(C2(C)CCCS2)o1. The second kappa shape index (κ2) is 4.75. The molecule has 2 atom stereocenters. The van der Waals surface area contributed by atoms with Gasteiger partial charge < -0.3 is 9.73 Å². The third-order valence-electron chi connectivity index (χ3n) is 3.17. The maximum absolute atomic E-state index is 5.81. The van der Waals surface area contributed by atoms with E-state index in [-0.39, 0.29) is 10.8 Å². The summed E-state index contributed by atoms with van der Waals surface area (Å²) in [6.45, 7) is 4.30. The molecule has 0 saturated carbocycles. The van der Waals surface area contributed by atoms with Crippen molar-refractivity contribution in [2.24, 2.45) is 0 Å². The lowest BCUT2D eigenvalue weighted by Gasteiger charge is -2.17. The van der Waals surface area contributed by atoms with Crippen molar-refractivity contribution in [2.45, 2.75) is 43.9 Å². The summed E-state index contributed by atoms with van der Waals surface area (Å²) in [7, 11) is 1.92. The average molecular weight is 241 g/mol. The number of aromatic nitrogens is 2. The molecule has 0 bridgehead atoms. The van der Waals surface area contributed by atoms with E-state index in [0.717, 1.165) is 18.7 Å². The maximum atomic E-state index is 5.81. The lowest BCUT2D eigenvalue weighted by atomic mass is 10.1. The van der Waals surface area contributed by atoms with Crippen molar-refractivity contribution in [2.75, 3.05) is 12.8 Å². The van der Waals surface area contributed by atoms with Gasteiger partial charge in [-0.25, -0.2) is 0 Å². The molecule has 90 valence electrons. The van der Waals surface area contributed by atoms with Gasteiger partial charge in [0.25, 0.3) is 0 Å². The van der Waals surface area contributed by atoms with Crippen molar-refractivity contribution < 1.29 is 4.42 Å². The summed E-state index contributed by atoms with van der Waals surface area (Å²) < 4.78 is 5.85. The zero-order chi connectivity index (χ0) is 11.6. The quantitative estimate of drug-likeness (QED) is 0.877. The van der Waals surface area contributed by atoms with Crippen LogP contribution in [0.1, 0.15) is 50.9 Å². The third kappa shape index (κ3) is 2.11. The fraction of sp³-hybridized carbons (Fsp3) is 0.818. The largest absolute Gasteiger partial charge is 0.422 e. The molecule has 1 saturated heterocycles. The molecule has 1 fully saturated rings. The van der Waals surface area contributed by atoms with Crippen LogP contribution in [0.2, 0.25) is 0 Å². The second-order valence-corrected chi connectivity index (χ2v) is 5.98. The first-order valence-electron chi connectivity index (χ1n) is 5.84. The number of hydrogen-bond donors (Lipinski definition) is 1. The van der Waals surface area contributed by atoms with Gasteiger partial charge in [0, 0.05) is 0 Å². The molecule has 16 heavy (non-hydrogen) atoms. The summed E-state index contributed by atoms with van der Waals surface area (Å²) in [6.07, 6.45) is 3.33. The Morgan fingerprint density at radius 1 is 1.56 bits per heavy atom. The molecule has 5 heteroatoms. The lowest BCUT2D eigenvalue weighted by Crippen LogP contribution is -2.15. The highest BCUT2D eigenvalue weighted by atomic mass is 32.2. The number of rotatable bonds is 4. The van der Waals surface area contributed by atoms with Crippen LogP contribution in [0.25, 0.3) is 0 Å². The van der Waals surface area contributed by atoms with Crippen molar-refractivity contribution in [1.29, 1.82) is 0 Å². The first-order chi connectivity index (χ1) is 7.69. The molecule has 0 spiro atoms. The zero-order valence-electron chi connectivity index (χ0n) is 10.1. The van der Waals surface area contributed by atoms with Crippen molar-refractivity contribution in [3.05, 3.63) is 11.8 Å². The predicted molar refractivity (Wildman–Crippen MR) is 65.4 cm³/mol. The topological polar surface area (TPSA) is 51.0 Å². The zero-order valence-corrected chi connectivity index (χ0v) is 10.9. The molecule has 0 radical (unpaired) electrons. The molecule has 1 aromatic heterocycles. The van der Waals surface area contributed by atoms with Gasteiger partial charge in [-0.15, -0.1) is 22.0 Å². The standard InChI is InChI=1S/C11H19N3OS/c1-4-8(12-3)9-13-14-10(15-9)11(2)6-5-7-16-11/h8,12H,4-7H2,1-3H3. The van der Waals surface area contributed by atoms with Gasteiger partial charge in [0.15, 0.2) is 0 Å². The molecule has 0 amide bonds. The van der Waals surface area contributed by atoms with Crippen LogP contribution in [-0.4, -0.2) is 23.0 Å². The van der Waals surface area contributed by atoms with E-state index in [0.29, 0.717) is 5.89 Å². The van der Waals surface area contributed by atoms with Crippen molar-refractivity contribution in [1.82, 2.24) is 15.5 Å². The van der Waals surface area contributed by atoms with Crippen LogP contribution in [0.3, 0.4) is 0 Å². The first kappa shape index (κ1) is 11.9. The molecule has 2 rings (SSSR count). The summed E-state index contributed by atoms with van der Waals surface area (Å²) in [5, 5.41) is 11.5. The minimum atomic E-state index is 0.0390. The van der Waals surface area contributed by atoms with Crippen molar-refractivity contribution in [3.63, 3.8) is 0 Å². The van der Waals surface area contributed by atoms with Crippen molar-refractivity contribution >= 4 is 11.8 Å². The van der Waals surface area contributed by atoms with Crippen LogP contribution in [0.5, 0.6) is 0 Å². The predicted octanol–water partition coefficient (Wildman–Crippen LogP) is 2.48. The summed E-state index contributed by atoms with van der Waals surface area (Å²) in [5.41, 5.74) is 0. The molecule has 1 aliphatic rings. The Morgan fingerprint density at radius 3 is 2.94 bits per heavy atom. The third-order valence-corrected chi connectivity index (χ3v) is 4.68. The number of nitrogens with zero attached hydrogens (tertiary/aromatic N) is 2. The Balaban J connectivity index is 2.18. The van der Waals surface area contributed by atoms with Gasteiger partial charge in [-0.05, 0) is 39.0 Å². The van der Waals surface area contributed by atoms with Gasteiger partial charge in [0.1, 0.15) is 0 Å². The minimum Gasteiger partial charge on any atom is -0.422 e. The monoisotopic (exact) mass is 241 g/mol. The van der Waals surface area contributed by atoms with Crippen molar-refractivity contribution in [3.8, 4) is 0 Å². The number of hydrogen-bond acceptors (Lipinski definition) is 5. The Hall–Kier alpha value is -0.550. The van der Waals surface area contributed by atoms with Gasteiger partial charge >= 0.3 is 0 Å². The Kier molecular flexibility index (Phi) is 3.54. The summed E-state index contributed by atoms with van der Waals surface area (Å²) in [5.74, 6) is 2.70. The van der Waals surface area contributed by atoms with Gasteiger partial charge in [-0.2, -0.15) is 0 Å². The highest BCUT2D eigenvalue weighted by Crippen LogP contribution is 2.45. The van der Waals surface area contributed by atoms with Gasteiger partial charge in [-0.1, -0.05) is 6.92 Å². The molecular formula is C11H19N3OS. The van der Waals surface area contributed by atoms with E-state index in [1.165, 1.54) is 12.2 Å². The van der Waals surface area contributed by atoms with E-state index in [1.807, 2.05) is 18.8 Å². The van der Waals surface area contributed by atoms with E-state index < -0.39 is 0 Å². The van der Waals surface area contributed by atoms with Crippen LogP contribution < -0.4 is 5.32 Å². The lowest BCUT2D eigenvalue weighted by molar-refractivity contribution is 0.360. The van der Waals surface area contributed by atoms with E-state index in [1.54, 1.807) is 0 Å². The Labute approximate surface area is 101 Å². The van der Waals surface area contributed by atoms with E-state index >= 15 is 0 Å². The first-order valence-corrected chi connectivity index (χ1v) is 6.83. The van der Waals surface area contributed by atoms with Crippen LogP contribution in [0, 0.1) is 0 Å². The maximum Gasteiger partial charge on any atom is 0.233 e. The molecule has 2 heterocycles. The molecule has 0 aliphatic carbocycles. The molecule has 1 N–H and O–H groups in total. The fourth-order valence-corrected chi connectivity index (χ4v) is 3.27. The normalized spacial score (nSPS) is 27.2. The second-order valence-electron chi connectivity index (χ2n) is 4.38. The van der Waals surface area contributed by atoms with Crippen LogP contribution in [0.4, 0.5) is 0 Å². The minimum absolute atomic E-state index is 0.0390. The van der Waals surface area contributed by atoms with Gasteiger partial charge in [0.2, 0.25) is 11.8 Å². The van der Waals surface area contributed by atoms with E-state index in [4.69, 9.17) is 4.42 Å². The van der Waals surface area contributed by atoms with Crippen LogP contribution in [0.15, 0.2) is 4.42 Å².